The van der Waals surface area contributed by atoms with Crippen LogP contribution in [0.1, 0.15) is 45.4 Å². The van der Waals surface area contributed by atoms with Gasteiger partial charge in [-0.15, -0.1) is 12.3 Å². The van der Waals surface area contributed by atoms with Gasteiger partial charge in [0.15, 0.2) is 0 Å². The summed E-state index contributed by atoms with van der Waals surface area (Å²) in [6.07, 6.45) is 9.04. The first kappa shape index (κ1) is 13.6. The monoisotopic (exact) mass is 237 g/mol. The van der Waals surface area contributed by atoms with Crippen molar-refractivity contribution in [2.45, 2.75) is 51.0 Å². The zero-order valence-electron chi connectivity index (χ0n) is 10.2. The first-order valence-corrected chi connectivity index (χ1v) is 5.99. The van der Waals surface area contributed by atoms with Gasteiger partial charge in [-0.25, -0.2) is 4.79 Å². The van der Waals surface area contributed by atoms with Gasteiger partial charge >= 0.3 is 5.97 Å². The average Bonchev–Trinajstić information content (AvgIpc) is 2.68. The molecule has 0 radical (unpaired) electrons. The number of carboxylic acids is 1. The van der Waals surface area contributed by atoms with Crippen LogP contribution in [0.3, 0.4) is 0 Å². The Labute approximate surface area is 102 Å². The predicted octanol–water partition coefficient (Wildman–Crippen LogP) is 1.65. The number of carbonyl (C=O) groups is 2. The molecule has 0 aliphatic carbocycles. The van der Waals surface area contributed by atoms with Crippen molar-refractivity contribution in [2.24, 2.45) is 0 Å². The van der Waals surface area contributed by atoms with Gasteiger partial charge in [0.1, 0.15) is 5.54 Å². The molecule has 0 bridgehead atoms. The van der Waals surface area contributed by atoms with E-state index < -0.39 is 11.5 Å². The van der Waals surface area contributed by atoms with Crippen molar-refractivity contribution in [3.8, 4) is 12.3 Å². The Morgan fingerprint density at radius 2 is 2.18 bits per heavy atom. The van der Waals surface area contributed by atoms with E-state index in [-0.39, 0.29) is 5.91 Å². The second-order valence-corrected chi connectivity index (χ2v) is 4.64. The van der Waals surface area contributed by atoms with Gasteiger partial charge in [-0.1, -0.05) is 0 Å². The quantitative estimate of drug-likeness (QED) is 0.584. The molecule has 1 N–H and O–H groups in total. The fourth-order valence-corrected chi connectivity index (χ4v) is 2.22. The number of carboxylic acid groups (broad SMARTS) is 1. The molecular weight excluding hydrogens is 218 g/mol. The maximum atomic E-state index is 11.9. The van der Waals surface area contributed by atoms with Gasteiger partial charge in [0.25, 0.3) is 0 Å². The molecule has 1 atom stereocenters. The maximum absolute atomic E-state index is 11.9. The molecule has 4 nitrogen and oxygen atoms in total. The molecule has 1 unspecified atom stereocenters. The van der Waals surface area contributed by atoms with Gasteiger partial charge in [0.2, 0.25) is 5.91 Å². The lowest BCUT2D eigenvalue weighted by molar-refractivity contribution is -0.155. The predicted molar refractivity (Wildman–Crippen MR) is 64.3 cm³/mol. The van der Waals surface area contributed by atoms with Crippen LogP contribution in [0, 0.1) is 12.3 Å². The summed E-state index contributed by atoms with van der Waals surface area (Å²) < 4.78 is 0. The summed E-state index contributed by atoms with van der Waals surface area (Å²) in [6, 6.07) is 0. The first-order chi connectivity index (χ1) is 8.02. The number of aliphatic carboxylic acids is 1. The smallest absolute Gasteiger partial charge is 0.329 e. The highest BCUT2D eigenvalue weighted by Crippen LogP contribution is 2.30. The minimum atomic E-state index is -1.01. The number of rotatable bonds is 5. The summed E-state index contributed by atoms with van der Waals surface area (Å²) in [7, 11) is 0. The van der Waals surface area contributed by atoms with Crippen molar-refractivity contribution >= 4 is 11.9 Å². The molecule has 4 heteroatoms. The molecule has 1 aliphatic rings. The Kier molecular flexibility index (Phi) is 4.56. The number of hydrogen-bond donors (Lipinski definition) is 1. The largest absolute Gasteiger partial charge is 0.480 e. The van der Waals surface area contributed by atoms with Crippen LogP contribution in [0.4, 0.5) is 0 Å². The summed E-state index contributed by atoms with van der Waals surface area (Å²) in [5, 5.41) is 9.18. The fraction of sp³-hybridized carbons (Fsp3) is 0.692. The molecule has 94 valence electrons. The van der Waals surface area contributed by atoms with Crippen LogP contribution in [0.15, 0.2) is 0 Å². The third-order valence-corrected chi connectivity index (χ3v) is 3.36. The molecule has 17 heavy (non-hydrogen) atoms. The van der Waals surface area contributed by atoms with Crippen LogP contribution in [0.2, 0.25) is 0 Å². The van der Waals surface area contributed by atoms with E-state index in [2.05, 4.69) is 5.92 Å². The van der Waals surface area contributed by atoms with Crippen molar-refractivity contribution in [3.05, 3.63) is 0 Å². The Bertz CT molecular complexity index is 345. The SMILES string of the molecule is C#CCCCCC(=O)N1CCCC1(C)C(=O)O. The molecule has 0 saturated carbocycles. The number of nitrogens with zero attached hydrogens (tertiary/aromatic N) is 1. The van der Waals surface area contributed by atoms with Gasteiger partial charge < -0.3 is 10.0 Å². The third-order valence-electron chi connectivity index (χ3n) is 3.36. The number of amides is 1. The number of terminal acetylenes is 1. The minimum absolute atomic E-state index is 0.0654. The van der Waals surface area contributed by atoms with Crippen LogP contribution >= 0.6 is 0 Å². The molecule has 1 rings (SSSR count). The topological polar surface area (TPSA) is 57.6 Å². The van der Waals surface area contributed by atoms with Gasteiger partial charge in [0, 0.05) is 19.4 Å². The summed E-state index contributed by atoms with van der Waals surface area (Å²) in [4.78, 5) is 24.6. The standard InChI is InChI=1S/C13H19NO3/c1-3-4-5-6-8-11(15)14-10-7-9-13(14,2)12(16)17/h1H,4-10H2,2H3,(H,16,17). The lowest BCUT2D eigenvalue weighted by Gasteiger charge is -2.31. The Morgan fingerprint density at radius 1 is 1.47 bits per heavy atom. The Morgan fingerprint density at radius 3 is 2.76 bits per heavy atom. The van der Waals surface area contributed by atoms with E-state index in [9.17, 15) is 14.7 Å². The Hall–Kier alpha value is -1.50. The van der Waals surface area contributed by atoms with Crippen molar-refractivity contribution in [3.63, 3.8) is 0 Å². The van der Waals surface area contributed by atoms with Gasteiger partial charge in [-0.2, -0.15) is 0 Å². The van der Waals surface area contributed by atoms with Crippen LogP contribution in [-0.4, -0.2) is 34.0 Å². The lowest BCUT2D eigenvalue weighted by atomic mass is 9.99. The molecule has 0 aromatic heterocycles. The minimum Gasteiger partial charge on any atom is -0.480 e. The zero-order valence-corrected chi connectivity index (χ0v) is 10.2. The lowest BCUT2D eigenvalue weighted by Crippen LogP contribution is -2.50. The van der Waals surface area contributed by atoms with Crippen molar-refractivity contribution in [1.82, 2.24) is 4.90 Å². The van der Waals surface area contributed by atoms with Crippen molar-refractivity contribution in [2.75, 3.05) is 6.54 Å². The van der Waals surface area contributed by atoms with E-state index in [4.69, 9.17) is 6.42 Å². The van der Waals surface area contributed by atoms with E-state index in [1.54, 1.807) is 6.92 Å². The number of carbonyl (C=O) groups excluding carboxylic acids is 1. The number of hydrogen-bond acceptors (Lipinski definition) is 2. The van der Waals surface area contributed by atoms with E-state index in [1.807, 2.05) is 0 Å². The first-order valence-electron chi connectivity index (χ1n) is 5.99. The molecule has 0 aromatic carbocycles. The Balaban J connectivity index is 2.51. The zero-order chi connectivity index (χ0) is 12.9. The molecule has 1 aliphatic heterocycles. The maximum Gasteiger partial charge on any atom is 0.329 e. The van der Waals surface area contributed by atoms with Crippen molar-refractivity contribution < 1.29 is 14.7 Å². The van der Waals surface area contributed by atoms with Crippen LogP contribution in [0.25, 0.3) is 0 Å². The van der Waals surface area contributed by atoms with Gasteiger partial charge in [-0.05, 0) is 32.6 Å². The summed E-state index contributed by atoms with van der Waals surface area (Å²) >= 11 is 0. The molecule has 1 fully saturated rings. The normalized spacial score (nSPS) is 23.4. The second-order valence-electron chi connectivity index (χ2n) is 4.64. The highest BCUT2D eigenvalue weighted by Gasteiger charge is 2.45. The molecule has 1 amide bonds. The molecule has 1 heterocycles. The van der Waals surface area contributed by atoms with E-state index >= 15 is 0 Å². The number of unbranched alkanes of at least 4 members (excludes halogenated alkanes) is 2. The van der Waals surface area contributed by atoms with E-state index in [1.165, 1.54) is 4.90 Å². The molecule has 0 aromatic rings. The molecule has 0 spiro atoms. The van der Waals surface area contributed by atoms with Crippen molar-refractivity contribution in [1.29, 1.82) is 0 Å². The third kappa shape index (κ3) is 3.00. The molecular formula is C13H19NO3. The second kappa shape index (κ2) is 5.72. The summed E-state index contributed by atoms with van der Waals surface area (Å²) in [6.45, 7) is 2.18. The van der Waals surface area contributed by atoms with Crippen LogP contribution in [-0.2, 0) is 9.59 Å². The number of likely N-dealkylation sites (tertiary alicyclic amines) is 1. The highest BCUT2D eigenvalue weighted by molar-refractivity contribution is 5.87. The van der Waals surface area contributed by atoms with Crippen LogP contribution in [0.5, 0.6) is 0 Å². The highest BCUT2D eigenvalue weighted by atomic mass is 16.4. The fourth-order valence-electron chi connectivity index (χ4n) is 2.22. The average molecular weight is 237 g/mol. The van der Waals surface area contributed by atoms with Gasteiger partial charge in [0.05, 0.1) is 0 Å². The molecule has 1 saturated heterocycles. The summed E-state index contributed by atoms with van der Waals surface area (Å²) in [5.41, 5.74) is -1.01. The van der Waals surface area contributed by atoms with Crippen LogP contribution < -0.4 is 0 Å². The van der Waals surface area contributed by atoms with E-state index in [0.29, 0.717) is 25.8 Å². The van der Waals surface area contributed by atoms with E-state index in [0.717, 1.165) is 19.3 Å². The summed E-state index contributed by atoms with van der Waals surface area (Å²) in [5.74, 6) is 1.55. The van der Waals surface area contributed by atoms with Gasteiger partial charge in [-0.3, -0.25) is 4.79 Å².